The fourth-order valence-electron chi connectivity index (χ4n) is 2.76. The van der Waals surface area contributed by atoms with Crippen LogP contribution in [-0.4, -0.2) is 14.1 Å². The first-order valence-electron chi connectivity index (χ1n) is 7.09. The summed E-state index contributed by atoms with van der Waals surface area (Å²) in [7, 11) is -3.55. The summed E-state index contributed by atoms with van der Waals surface area (Å²) in [6, 6.07) is 6.78. The van der Waals surface area contributed by atoms with Crippen molar-refractivity contribution in [3.63, 3.8) is 0 Å². The van der Waals surface area contributed by atoms with Crippen molar-refractivity contribution in [2.45, 2.75) is 44.9 Å². The van der Waals surface area contributed by atoms with Crippen molar-refractivity contribution >= 4 is 15.7 Å². The van der Waals surface area contributed by atoms with Crippen molar-refractivity contribution in [1.82, 2.24) is 4.83 Å². The van der Waals surface area contributed by atoms with Crippen LogP contribution in [0.2, 0.25) is 0 Å². The molecule has 0 bridgehead atoms. The number of aryl methyl sites for hydroxylation is 1. The molecular weight excluding hydrogens is 272 g/mol. The average molecular weight is 294 g/mol. The predicted molar refractivity (Wildman–Crippen MR) is 81.1 cm³/mol. The van der Waals surface area contributed by atoms with E-state index in [0.717, 1.165) is 30.5 Å². The van der Waals surface area contributed by atoms with Crippen molar-refractivity contribution in [3.8, 4) is 0 Å². The van der Waals surface area contributed by atoms with Crippen LogP contribution in [0.3, 0.4) is 0 Å². The second-order valence-corrected chi connectivity index (χ2v) is 7.20. The summed E-state index contributed by atoms with van der Waals surface area (Å²) in [5.74, 6) is 0.985. The molecule has 2 atom stereocenters. The Morgan fingerprint density at radius 2 is 1.95 bits per heavy atom. The van der Waals surface area contributed by atoms with E-state index in [2.05, 4.69) is 23.8 Å². The Morgan fingerprint density at radius 3 is 2.55 bits per heavy atom. The second-order valence-electron chi connectivity index (χ2n) is 5.54. The number of sulfonamides is 1. The van der Waals surface area contributed by atoms with Gasteiger partial charge in [0, 0.05) is 11.6 Å². The largest absolute Gasteiger partial charge is 0.276 e. The predicted octanol–water partition coefficient (Wildman–Crippen LogP) is 3.09. The average Bonchev–Trinajstić information content (AvgIpc) is 2.77. The Bertz CT molecular complexity index is 591. The van der Waals surface area contributed by atoms with E-state index in [9.17, 15) is 8.42 Å². The van der Waals surface area contributed by atoms with Gasteiger partial charge in [0.25, 0.3) is 10.0 Å². The van der Waals surface area contributed by atoms with Crippen LogP contribution in [0.5, 0.6) is 0 Å². The van der Waals surface area contributed by atoms with Gasteiger partial charge < -0.3 is 0 Å². The van der Waals surface area contributed by atoms with Crippen molar-refractivity contribution in [1.29, 1.82) is 0 Å². The van der Waals surface area contributed by atoms with E-state index in [0.29, 0.717) is 11.8 Å². The molecule has 0 aliphatic heterocycles. The highest BCUT2D eigenvalue weighted by Crippen LogP contribution is 2.31. The zero-order chi connectivity index (χ0) is 14.8. The molecule has 0 aromatic heterocycles. The number of benzene rings is 1. The first kappa shape index (κ1) is 15.0. The van der Waals surface area contributed by atoms with Crippen LogP contribution in [0.1, 0.15) is 38.7 Å². The van der Waals surface area contributed by atoms with Gasteiger partial charge in [0.05, 0.1) is 4.90 Å². The molecule has 1 saturated carbocycles. The van der Waals surface area contributed by atoms with Gasteiger partial charge in [-0.05, 0) is 44.2 Å². The minimum absolute atomic E-state index is 0.256. The number of rotatable bonds is 4. The van der Waals surface area contributed by atoms with Crippen molar-refractivity contribution in [3.05, 3.63) is 29.8 Å². The van der Waals surface area contributed by atoms with Crippen LogP contribution < -0.4 is 4.83 Å². The maximum absolute atomic E-state index is 12.2. The second kappa shape index (κ2) is 5.95. The van der Waals surface area contributed by atoms with Crippen LogP contribution in [0.4, 0.5) is 0 Å². The quantitative estimate of drug-likeness (QED) is 0.868. The number of hydrogen-bond donors (Lipinski definition) is 1. The zero-order valence-electron chi connectivity index (χ0n) is 12.3. The minimum Gasteiger partial charge on any atom is -0.200 e. The van der Waals surface area contributed by atoms with Gasteiger partial charge >= 0.3 is 0 Å². The van der Waals surface area contributed by atoms with E-state index in [4.69, 9.17) is 0 Å². The number of nitrogens with one attached hydrogen (secondary N) is 1. The molecule has 0 spiro atoms. The van der Waals surface area contributed by atoms with E-state index >= 15 is 0 Å². The molecule has 5 heteroatoms. The SMILES string of the molecule is CC[C@@H]1/C(=N/NS(=O)(=O)c2ccc(C)cc2)CC[C@@H]1C. The zero-order valence-corrected chi connectivity index (χ0v) is 13.1. The molecule has 0 heterocycles. The van der Waals surface area contributed by atoms with Gasteiger partial charge in [-0.1, -0.05) is 31.5 Å². The fourth-order valence-corrected chi connectivity index (χ4v) is 3.59. The Kier molecular flexibility index (Phi) is 4.48. The van der Waals surface area contributed by atoms with Gasteiger partial charge in [-0.15, -0.1) is 0 Å². The normalized spacial score (nSPS) is 25.1. The van der Waals surface area contributed by atoms with E-state index in [1.165, 1.54) is 0 Å². The summed E-state index contributed by atoms with van der Waals surface area (Å²) in [5, 5.41) is 4.18. The van der Waals surface area contributed by atoms with Gasteiger partial charge in [0.1, 0.15) is 0 Å². The highest BCUT2D eigenvalue weighted by molar-refractivity contribution is 7.89. The van der Waals surface area contributed by atoms with Crippen molar-refractivity contribution < 1.29 is 8.42 Å². The molecule has 1 aromatic carbocycles. The summed E-state index contributed by atoms with van der Waals surface area (Å²) in [6.07, 6.45) is 2.98. The molecule has 2 rings (SSSR count). The Morgan fingerprint density at radius 1 is 1.30 bits per heavy atom. The Balaban J connectivity index is 2.15. The van der Waals surface area contributed by atoms with Crippen LogP contribution in [0.25, 0.3) is 0 Å². The summed E-state index contributed by atoms with van der Waals surface area (Å²) in [6.45, 7) is 6.25. The third-order valence-electron chi connectivity index (χ3n) is 4.05. The van der Waals surface area contributed by atoms with E-state index in [1.807, 2.05) is 6.92 Å². The van der Waals surface area contributed by atoms with Gasteiger partial charge in [-0.3, -0.25) is 0 Å². The van der Waals surface area contributed by atoms with Crippen molar-refractivity contribution in [2.24, 2.45) is 16.9 Å². The molecule has 0 radical (unpaired) electrons. The third kappa shape index (κ3) is 3.20. The summed E-state index contributed by atoms with van der Waals surface area (Å²) in [5.41, 5.74) is 2.02. The number of hydrazone groups is 1. The summed E-state index contributed by atoms with van der Waals surface area (Å²) < 4.78 is 24.3. The highest BCUT2D eigenvalue weighted by atomic mass is 32.2. The lowest BCUT2D eigenvalue weighted by Crippen LogP contribution is -2.22. The van der Waals surface area contributed by atoms with Crippen LogP contribution in [-0.2, 0) is 10.0 Å². The maximum atomic E-state index is 12.2. The highest BCUT2D eigenvalue weighted by Gasteiger charge is 2.28. The lowest BCUT2D eigenvalue weighted by Gasteiger charge is -2.13. The molecule has 20 heavy (non-hydrogen) atoms. The number of nitrogens with zero attached hydrogens (tertiary/aromatic N) is 1. The molecule has 1 aliphatic rings. The third-order valence-corrected chi connectivity index (χ3v) is 5.28. The molecule has 1 aliphatic carbocycles. The van der Waals surface area contributed by atoms with E-state index in [1.54, 1.807) is 24.3 Å². The maximum Gasteiger partial charge on any atom is 0.276 e. The van der Waals surface area contributed by atoms with Gasteiger partial charge in [-0.25, -0.2) is 4.83 Å². The summed E-state index contributed by atoms with van der Waals surface area (Å²) >= 11 is 0. The van der Waals surface area contributed by atoms with Crippen LogP contribution in [0, 0.1) is 18.8 Å². The lowest BCUT2D eigenvalue weighted by molar-refractivity contribution is 0.467. The Labute approximate surface area is 121 Å². The molecule has 0 amide bonds. The van der Waals surface area contributed by atoms with Gasteiger partial charge in [-0.2, -0.15) is 13.5 Å². The van der Waals surface area contributed by atoms with Crippen molar-refractivity contribution in [2.75, 3.05) is 0 Å². The molecule has 0 unspecified atom stereocenters. The topological polar surface area (TPSA) is 58.5 Å². The molecule has 0 saturated heterocycles. The smallest absolute Gasteiger partial charge is 0.200 e. The minimum atomic E-state index is -3.55. The van der Waals surface area contributed by atoms with E-state index in [-0.39, 0.29) is 4.90 Å². The molecule has 1 fully saturated rings. The molecule has 110 valence electrons. The Hall–Kier alpha value is -1.36. The first-order valence-corrected chi connectivity index (χ1v) is 8.57. The lowest BCUT2D eigenvalue weighted by atomic mass is 9.95. The fraction of sp³-hybridized carbons (Fsp3) is 0.533. The van der Waals surface area contributed by atoms with Gasteiger partial charge in [0.15, 0.2) is 0 Å². The molecule has 1 N–H and O–H groups in total. The molecule has 4 nitrogen and oxygen atoms in total. The molecule has 1 aromatic rings. The molecular formula is C15H22N2O2S. The standard InChI is InChI=1S/C15H22N2O2S/c1-4-14-12(3)7-10-15(14)16-17-20(18,19)13-8-5-11(2)6-9-13/h5-6,8-9,12,14,17H,4,7,10H2,1-3H3/b16-15+/t12-,14-/m0/s1. The monoisotopic (exact) mass is 294 g/mol. The van der Waals surface area contributed by atoms with Gasteiger partial charge in [0.2, 0.25) is 0 Å². The first-order chi connectivity index (χ1) is 9.44. The van der Waals surface area contributed by atoms with Crippen LogP contribution in [0.15, 0.2) is 34.3 Å². The van der Waals surface area contributed by atoms with E-state index < -0.39 is 10.0 Å². The van der Waals surface area contributed by atoms with Crippen LogP contribution >= 0.6 is 0 Å². The summed E-state index contributed by atoms with van der Waals surface area (Å²) in [4.78, 5) is 2.64. The number of hydrogen-bond acceptors (Lipinski definition) is 3.